The van der Waals surface area contributed by atoms with Crippen LogP contribution in [0.2, 0.25) is 0 Å². The number of benzene rings is 1. The first-order chi connectivity index (χ1) is 23.9. The lowest BCUT2D eigenvalue weighted by atomic mass is 9.82. The first-order valence-electron chi connectivity index (χ1n) is 18.9. The molecule has 270 valence electrons. The molecular weight excluding hydrogens is 618 g/mol. The molecule has 1 saturated carbocycles. The van der Waals surface area contributed by atoms with E-state index in [0.29, 0.717) is 84.0 Å². The van der Waals surface area contributed by atoms with E-state index in [1.54, 1.807) is 6.20 Å². The van der Waals surface area contributed by atoms with Crippen LogP contribution in [-0.4, -0.2) is 118 Å². The molecule has 0 radical (unpaired) electrons. The Hall–Kier alpha value is -3.05. The number of piperazine rings is 1. The van der Waals surface area contributed by atoms with Gasteiger partial charge in [-0.3, -0.25) is 14.7 Å². The maximum Gasteiger partial charge on any atom is 0.320 e. The summed E-state index contributed by atoms with van der Waals surface area (Å²) in [5.74, 6) is 0.326. The average molecular weight is 678 g/mol. The molecule has 2 aromatic rings. The number of aromatic nitrogens is 1. The van der Waals surface area contributed by atoms with Crippen LogP contribution >= 0.6 is 0 Å². The van der Waals surface area contributed by atoms with E-state index in [1.807, 2.05) is 46.2 Å². The summed E-state index contributed by atoms with van der Waals surface area (Å²) in [6.07, 6.45) is 10.3. The molecule has 5 atom stereocenters. The zero-order chi connectivity index (χ0) is 34.4. The molecule has 1 aromatic heterocycles. The highest BCUT2D eigenvalue weighted by Crippen LogP contribution is 2.29. The zero-order valence-corrected chi connectivity index (χ0v) is 29.5. The van der Waals surface area contributed by atoms with Crippen molar-refractivity contribution in [2.75, 3.05) is 45.9 Å². The van der Waals surface area contributed by atoms with Crippen LogP contribution in [0.4, 0.5) is 4.79 Å². The van der Waals surface area contributed by atoms with Gasteiger partial charge in [0, 0.05) is 44.6 Å². The SMILES string of the molecule is CCCC[C@@H](C(=O)N[C@@H](CC1CCCCC1)[C@@H](O)[C@@H](O)CCc1ccccn1)N1CCN(C(=O)N2CCOCC2)[C@H](Cc2ccccc2)C1. The molecular formula is C39H59N5O5. The van der Waals surface area contributed by atoms with Crippen LogP contribution in [0.3, 0.4) is 0 Å². The summed E-state index contributed by atoms with van der Waals surface area (Å²) in [6.45, 7) is 6.18. The van der Waals surface area contributed by atoms with Crippen LogP contribution in [0, 0.1) is 5.92 Å². The number of nitrogens with zero attached hydrogens (tertiary/aromatic N) is 4. The first-order valence-corrected chi connectivity index (χ1v) is 18.9. The minimum absolute atomic E-state index is 0.0498. The quantitative estimate of drug-likeness (QED) is 0.255. The molecule has 10 nitrogen and oxygen atoms in total. The zero-order valence-electron chi connectivity index (χ0n) is 29.5. The summed E-state index contributed by atoms with van der Waals surface area (Å²) in [7, 11) is 0. The van der Waals surface area contributed by atoms with Gasteiger partial charge >= 0.3 is 6.03 Å². The number of aliphatic hydroxyl groups is 2. The number of rotatable bonds is 15. The molecule has 49 heavy (non-hydrogen) atoms. The average Bonchev–Trinajstić information content (AvgIpc) is 3.15. The minimum atomic E-state index is -1.07. The van der Waals surface area contributed by atoms with Crippen LogP contribution in [0.1, 0.15) is 82.4 Å². The fourth-order valence-corrected chi connectivity index (χ4v) is 7.91. The molecule has 3 aliphatic rings. The van der Waals surface area contributed by atoms with Crippen molar-refractivity contribution in [2.24, 2.45) is 5.92 Å². The number of ether oxygens (including phenoxy) is 1. The first kappa shape index (κ1) is 37.2. The van der Waals surface area contributed by atoms with Gasteiger partial charge in [-0.15, -0.1) is 0 Å². The van der Waals surface area contributed by atoms with Crippen LogP contribution in [0.25, 0.3) is 0 Å². The maximum absolute atomic E-state index is 14.4. The molecule has 2 aliphatic heterocycles. The number of unbranched alkanes of at least 4 members (excludes halogenated alkanes) is 1. The molecule has 10 heteroatoms. The number of hydrogen-bond acceptors (Lipinski definition) is 7. The highest BCUT2D eigenvalue weighted by atomic mass is 16.5. The third-order valence-corrected chi connectivity index (χ3v) is 10.8. The van der Waals surface area contributed by atoms with E-state index >= 15 is 0 Å². The van der Waals surface area contributed by atoms with Gasteiger partial charge in [0.25, 0.3) is 0 Å². The predicted molar refractivity (Wildman–Crippen MR) is 191 cm³/mol. The summed E-state index contributed by atoms with van der Waals surface area (Å²) in [6, 6.07) is 15.0. The monoisotopic (exact) mass is 677 g/mol. The highest BCUT2D eigenvalue weighted by molar-refractivity contribution is 5.82. The Bertz CT molecular complexity index is 1260. The molecule has 0 unspecified atom stereocenters. The Morgan fingerprint density at radius 2 is 1.71 bits per heavy atom. The third kappa shape index (κ3) is 11.0. The number of nitrogens with one attached hydrogen (secondary N) is 1. The number of aryl methyl sites for hydroxylation is 1. The summed E-state index contributed by atoms with van der Waals surface area (Å²) < 4.78 is 5.52. The maximum atomic E-state index is 14.4. The van der Waals surface area contributed by atoms with Crippen LogP contribution < -0.4 is 5.32 Å². The Morgan fingerprint density at radius 3 is 2.43 bits per heavy atom. The van der Waals surface area contributed by atoms with Crippen molar-refractivity contribution < 1.29 is 24.5 Å². The topological polar surface area (TPSA) is 118 Å². The fourth-order valence-electron chi connectivity index (χ4n) is 7.91. The van der Waals surface area contributed by atoms with E-state index in [2.05, 4.69) is 34.3 Å². The van der Waals surface area contributed by atoms with E-state index in [4.69, 9.17) is 4.74 Å². The van der Waals surface area contributed by atoms with E-state index < -0.39 is 18.2 Å². The number of hydrogen-bond donors (Lipinski definition) is 3. The summed E-state index contributed by atoms with van der Waals surface area (Å²) >= 11 is 0. The molecule has 2 saturated heterocycles. The molecule has 3 amide bonds. The van der Waals surface area contributed by atoms with Crippen LogP contribution in [0.15, 0.2) is 54.7 Å². The molecule has 5 rings (SSSR count). The van der Waals surface area contributed by atoms with Gasteiger partial charge in [-0.1, -0.05) is 88.3 Å². The van der Waals surface area contributed by atoms with Gasteiger partial charge < -0.3 is 30.1 Å². The molecule has 0 bridgehead atoms. The minimum Gasteiger partial charge on any atom is -0.390 e. The van der Waals surface area contributed by atoms with Crippen molar-refractivity contribution in [1.82, 2.24) is 25.0 Å². The Labute approximate surface area is 293 Å². The Balaban J connectivity index is 1.31. The molecule has 0 spiro atoms. The molecule has 3 fully saturated rings. The number of carbonyl (C=O) groups is 2. The number of amides is 3. The normalized spacial score (nSPS) is 21.9. The van der Waals surface area contributed by atoms with E-state index in [0.717, 1.165) is 31.4 Å². The van der Waals surface area contributed by atoms with Gasteiger partial charge in [0.2, 0.25) is 5.91 Å². The standard InChI is InChI=1S/C39H59N5O5/c1-2-3-17-35(43-21-22-44(39(48)42-23-25-49-26-24-42)33(29-43)27-30-12-6-4-7-13-30)38(47)41-34(28-31-14-8-5-9-15-31)37(46)36(45)19-18-32-16-10-11-20-40-32/h4,6-7,10-13,16,20,31,33-37,45-46H,2-3,5,8-9,14-15,17-19,21-29H2,1H3,(H,41,47)/t33-,34+,35+,36+,37-/m1/s1. The number of pyridine rings is 1. The van der Waals surface area contributed by atoms with Crippen molar-refractivity contribution >= 4 is 11.9 Å². The lowest BCUT2D eigenvalue weighted by Crippen LogP contribution is -2.63. The predicted octanol–water partition coefficient (Wildman–Crippen LogP) is 4.43. The Morgan fingerprint density at radius 1 is 0.959 bits per heavy atom. The smallest absolute Gasteiger partial charge is 0.320 e. The van der Waals surface area contributed by atoms with E-state index in [-0.39, 0.29) is 24.0 Å². The third-order valence-electron chi connectivity index (χ3n) is 10.8. The molecule has 3 heterocycles. The van der Waals surface area contributed by atoms with Crippen LogP contribution in [-0.2, 0) is 22.4 Å². The molecule has 1 aromatic carbocycles. The van der Waals surface area contributed by atoms with Gasteiger partial charge in [0.05, 0.1) is 37.4 Å². The second-order valence-electron chi connectivity index (χ2n) is 14.3. The largest absolute Gasteiger partial charge is 0.390 e. The number of urea groups is 1. The number of aliphatic hydroxyl groups excluding tert-OH is 2. The lowest BCUT2D eigenvalue weighted by Gasteiger charge is -2.46. The molecule has 3 N–H and O–H groups in total. The van der Waals surface area contributed by atoms with Gasteiger partial charge in [0.1, 0.15) is 6.10 Å². The van der Waals surface area contributed by atoms with E-state index in [9.17, 15) is 19.8 Å². The van der Waals surface area contributed by atoms with Crippen molar-refractivity contribution in [1.29, 1.82) is 0 Å². The van der Waals surface area contributed by atoms with Crippen molar-refractivity contribution in [3.63, 3.8) is 0 Å². The van der Waals surface area contributed by atoms with Crippen LogP contribution in [0.5, 0.6) is 0 Å². The van der Waals surface area contributed by atoms with Gasteiger partial charge in [-0.25, -0.2) is 4.79 Å². The second kappa shape index (κ2) is 19.4. The van der Waals surface area contributed by atoms with Crippen molar-refractivity contribution in [2.45, 2.75) is 114 Å². The summed E-state index contributed by atoms with van der Waals surface area (Å²) in [5, 5.41) is 26.1. The number of morpholine rings is 1. The number of carbonyl (C=O) groups excluding carboxylic acids is 2. The lowest BCUT2D eigenvalue weighted by molar-refractivity contribution is -0.130. The van der Waals surface area contributed by atoms with Gasteiger partial charge in [0.15, 0.2) is 0 Å². The highest BCUT2D eigenvalue weighted by Gasteiger charge is 2.39. The van der Waals surface area contributed by atoms with Gasteiger partial charge in [-0.05, 0) is 55.7 Å². The summed E-state index contributed by atoms with van der Waals surface area (Å²) in [5.41, 5.74) is 2.04. The second-order valence-corrected chi connectivity index (χ2v) is 14.3. The molecule has 1 aliphatic carbocycles. The Kier molecular flexibility index (Phi) is 14.7. The van der Waals surface area contributed by atoms with Crippen molar-refractivity contribution in [3.8, 4) is 0 Å². The van der Waals surface area contributed by atoms with Gasteiger partial charge in [-0.2, -0.15) is 0 Å². The fraction of sp³-hybridized carbons (Fsp3) is 0.667. The van der Waals surface area contributed by atoms with Crippen molar-refractivity contribution in [3.05, 3.63) is 66.0 Å². The van der Waals surface area contributed by atoms with E-state index in [1.165, 1.54) is 24.8 Å². The summed E-state index contributed by atoms with van der Waals surface area (Å²) in [4.78, 5) is 38.7.